The number of benzene rings is 1. The van der Waals surface area contributed by atoms with Crippen molar-refractivity contribution in [3.8, 4) is 0 Å². The first-order valence-corrected chi connectivity index (χ1v) is 8.06. The molecule has 1 saturated heterocycles. The van der Waals surface area contributed by atoms with E-state index in [0.717, 1.165) is 17.7 Å². The topological polar surface area (TPSA) is 59.0 Å². The van der Waals surface area contributed by atoms with E-state index in [2.05, 4.69) is 15.7 Å². The van der Waals surface area contributed by atoms with Crippen LogP contribution in [0.15, 0.2) is 23.0 Å². The average Bonchev–Trinajstić information content (AvgIpc) is 2.40. The van der Waals surface area contributed by atoms with Gasteiger partial charge in [0.2, 0.25) is 0 Å². The highest BCUT2D eigenvalue weighted by Crippen LogP contribution is 2.48. The van der Waals surface area contributed by atoms with Crippen molar-refractivity contribution in [3.05, 3.63) is 33.6 Å². The second-order valence-corrected chi connectivity index (χ2v) is 7.11. The van der Waals surface area contributed by atoms with Gasteiger partial charge >= 0.3 is 0 Å². The molecule has 2 aromatic rings. The lowest BCUT2D eigenvalue weighted by Crippen LogP contribution is -2.61. The molecule has 0 unspecified atom stereocenters. The van der Waals surface area contributed by atoms with Crippen molar-refractivity contribution in [2.75, 3.05) is 25.0 Å². The summed E-state index contributed by atoms with van der Waals surface area (Å²) in [5.74, 6) is 1.43. The van der Waals surface area contributed by atoms with Gasteiger partial charge in [-0.25, -0.2) is 4.68 Å². The molecule has 22 heavy (non-hydrogen) atoms. The van der Waals surface area contributed by atoms with Gasteiger partial charge in [0.05, 0.1) is 10.4 Å². The summed E-state index contributed by atoms with van der Waals surface area (Å²) < 4.78 is 1.36. The standard InChI is InChI=1S/C16H19ClN4O/c1-21-15(22)13-11(3-2-4-12(13)17)14(20-21)19-7-10-5-16(6-10)8-18-9-16/h2-4,10,18H,5-9H2,1H3,(H,19,20). The van der Waals surface area contributed by atoms with Crippen LogP contribution in [0.1, 0.15) is 12.8 Å². The Labute approximate surface area is 133 Å². The van der Waals surface area contributed by atoms with Crippen LogP contribution >= 0.6 is 11.6 Å². The zero-order valence-corrected chi connectivity index (χ0v) is 13.3. The van der Waals surface area contributed by atoms with Crippen molar-refractivity contribution in [1.82, 2.24) is 15.1 Å². The van der Waals surface area contributed by atoms with Gasteiger partial charge in [-0.05, 0) is 30.2 Å². The van der Waals surface area contributed by atoms with Gasteiger partial charge in [0, 0.05) is 32.1 Å². The Morgan fingerprint density at radius 3 is 2.91 bits per heavy atom. The lowest BCUT2D eigenvalue weighted by molar-refractivity contribution is 0.00676. The number of rotatable bonds is 3. The second-order valence-electron chi connectivity index (χ2n) is 6.70. The smallest absolute Gasteiger partial charge is 0.276 e. The monoisotopic (exact) mass is 318 g/mol. The molecule has 1 spiro atoms. The number of nitrogens with one attached hydrogen (secondary N) is 2. The molecular weight excluding hydrogens is 300 g/mol. The maximum Gasteiger partial charge on any atom is 0.276 e. The van der Waals surface area contributed by atoms with Crippen LogP contribution in [0.2, 0.25) is 5.02 Å². The van der Waals surface area contributed by atoms with Crippen LogP contribution in [0.3, 0.4) is 0 Å². The molecular formula is C16H19ClN4O. The van der Waals surface area contributed by atoms with Crippen LogP contribution in [-0.2, 0) is 7.05 Å². The van der Waals surface area contributed by atoms with E-state index in [9.17, 15) is 4.79 Å². The van der Waals surface area contributed by atoms with E-state index in [0.29, 0.717) is 21.7 Å². The van der Waals surface area contributed by atoms with E-state index in [1.54, 1.807) is 13.1 Å². The first-order valence-electron chi connectivity index (χ1n) is 7.68. The Bertz CT molecular complexity index is 789. The van der Waals surface area contributed by atoms with Gasteiger partial charge < -0.3 is 10.6 Å². The predicted molar refractivity (Wildman–Crippen MR) is 88.5 cm³/mol. The van der Waals surface area contributed by atoms with Crippen molar-refractivity contribution in [2.24, 2.45) is 18.4 Å². The molecule has 2 N–H and O–H groups in total. The third kappa shape index (κ3) is 2.11. The van der Waals surface area contributed by atoms with Gasteiger partial charge in [-0.2, -0.15) is 5.10 Å². The lowest BCUT2D eigenvalue weighted by Gasteiger charge is -2.54. The number of fused-ring (bicyclic) bond motifs is 1. The van der Waals surface area contributed by atoms with Crippen molar-refractivity contribution >= 4 is 28.2 Å². The number of nitrogens with zero attached hydrogens (tertiary/aromatic N) is 2. The van der Waals surface area contributed by atoms with Crippen LogP contribution in [0.5, 0.6) is 0 Å². The van der Waals surface area contributed by atoms with Gasteiger partial charge in [-0.1, -0.05) is 23.7 Å². The molecule has 0 atom stereocenters. The lowest BCUT2D eigenvalue weighted by atomic mass is 9.58. The summed E-state index contributed by atoms with van der Waals surface area (Å²) in [6.07, 6.45) is 2.55. The zero-order valence-electron chi connectivity index (χ0n) is 12.5. The first kappa shape index (κ1) is 14.0. The molecule has 1 aliphatic carbocycles. The van der Waals surface area contributed by atoms with E-state index >= 15 is 0 Å². The van der Waals surface area contributed by atoms with Crippen LogP contribution < -0.4 is 16.2 Å². The quantitative estimate of drug-likeness (QED) is 0.909. The minimum atomic E-state index is -0.158. The number of hydrogen-bond acceptors (Lipinski definition) is 4. The van der Waals surface area contributed by atoms with Gasteiger partial charge in [-0.15, -0.1) is 0 Å². The van der Waals surface area contributed by atoms with E-state index in [1.165, 1.54) is 30.6 Å². The third-order valence-electron chi connectivity index (χ3n) is 5.03. The number of halogens is 1. The molecule has 1 aromatic heterocycles. The number of aryl methyl sites for hydroxylation is 1. The maximum atomic E-state index is 12.2. The molecule has 5 nitrogen and oxygen atoms in total. The molecule has 4 rings (SSSR count). The van der Waals surface area contributed by atoms with E-state index in [1.807, 2.05) is 12.1 Å². The molecule has 6 heteroatoms. The van der Waals surface area contributed by atoms with Crippen molar-refractivity contribution in [1.29, 1.82) is 0 Å². The van der Waals surface area contributed by atoms with Crippen molar-refractivity contribution < 1.29 is 0 Å². The molecule has 116 valence electrons. The third-order valence-corrected chi connectivity index (χ3v) is 5.34. The maximum absolute atomic E-state index is 12.2. The number of anilines is 1. The normalized spacial score (nSPS) is 19.9. The fourth-order valence-corrected chi connectivity index (χ4v) is 4.05. The molecule has 0 amide bonds. The number of hydrogen-bond donors (Lipinski definition) is 2. The second kappa shape index (κ2) is 4.96. The predicted octanol–water partition coefficient (Wildman–Crippen LogP) is 2.00. The summed E-state index contributed by atoms with van der Waals surface area (Å²) in [7, 11) is 1.66. The van der Waals surface area contributed by atoms with E-state index < -0.39 is 0 Å². The average molecular weight is 319 g/mol. The highest BCUT2D eigenvalue weighted by Gasteiger charge is 2.47. The Hall–Kier alpha value is -1.59. The Morgan fingerprint density at radius 2 is 2.23 bits per heavy atom. The van der Waals surface area contributed by atoms with Crippen molar-refractivity contribution in [2.45, 2.75) is 12.8 Å². The summed E-state index contributed by atoms with van der Waals surface area (Å²) >= 11 is 6.20. The summed E-state index contributed by atoms with van der Waals surface area (Å²) in [5, 5.41) is 13.0. The largest absolute Gasteiger partial charge is 0.368 e. The molecule has 0 radical (unpaired) electrons. The molecule has 2 fully saturated rings. The Kier molecular flexibility index (Phi) is 3.16. The Morgan fingerprint density at radius 1 is 1.45 bits per heavy atom. The van der Waals surface area contributed by atoms with E-state index in [4.69, 9.17) is 11.6 Å². The molecule has 1 aliphatic heterocycles. The number of aromatic nitrogens is 2. The Balaban J connectivity index is 1.58. The molecule has 1 aromatic carbocycles. The van der Waals surface area contributed by atoms with Crippen LogP contribution in [0.25, 0.3) is 10.8 Å². The van der Waals surface area contributed by atoms with E-state index in [-0.39, 0.29) is 5.56 Å². The van der Waals surface area contributed by atoms with Crippen LogP contribution in [0, 0.1) is 11.3 Å². The summed E-state index contributed by atoms with van der Waals surface area (Å²) in [6, 6.07) is 5.50. The van der Waals surface area contributed by atoms with Gasteiger partial charge in [-0.3, -0.25) is 4.79 Å². The van der Waals surface area contributed by atoms with Gasteiger partial charge in [0.1, 0.15) is 0 Å². The van der Waals surface area contributed by atoms with Crippen molar-refractivity contribution in [3.63, 3.8) is 0 Å². The summed E-state index contributed by atoms with van der Waals surface area (Å²) in [5.41, 5.74) is 0.420. The molecule has 2 heterocycles. The first-order chi connectivity index (χ1) is 10.6. The highest BCUT2D eigenvalue weighted by atomic mass is 35.5. The van der Waals surface area contributed by atoms with Crippen LogP contribution in [0.4, 0.5) is 5.82 Å². The minimum Gasteiger partial charge on any atom is -0.368 e. The zero-order chi connectivity index (χ0) is 15.3. The highest BCUT2D eigenvalue weighted by molar-refractivity contribution is 6.35. The molecule has 0 bridgehead atoms. The summed E-state index contributed by atoms with van der Waals surface area (Å²) in [4.78, 5) is 12.2. The molecule has 1 saturated carbocycles. The fraction of sp³-hybridized carbons (Fsp3) is 0.500. The minimum absolute atomic E-state index is 0.158. The molecule has 2 aliphatic rings. The van der Waals surface area contributed by atoms with Gasteiger partial charge in [0.15, 0.2) is 5.82 Å². The fourth-order valence-electron chi connectivity index (χ4n) is 3.80. The van der Waals surface area contributed by atoms with Crippen LogP contribution in [-0.4, -0.2) is 29.4 Å². The summed E-state index contributed by atoms with van der Waals surface area (Å²) in [6.45, 7) is 3.23. The van der Waals surface area contributed by atoms with Gasteiger partial charge in [0.25, 0.3) is 5.56 Å². The SMILES string of the molecule is Cn1nc(NCC2CC3(CNC3)C2)c2cccc(Cl)c2c1=O.